The Kier molecular flexibility index (Phi) is 5.41. The molecule has 8 heteroatoms. The number of thioether (sulfide) groups is 1. The molecule has 0 aliphatic carbocycles. The molecular weight excluding hydrogens is 378 g/mol. The summed E-state index contributed by atoms with van der Waals surface area (Å²) in [6, 6.07) is 14.9. The highest BCUT2D eigenvalue weighted by Crippen LogP contribution is 2.38. The third-order valence-corrected chi connectivity index (χ3v) is 5.70. The van der Waals surface area contributed by atoms with Crippen molar-refractivity contribution >= 4 is 34.8 Å². The molecule has 27 heavy (non-hydrogen) atoms. The number of amides is 1. The van der Waals surface area contributed by atoms with Gasteiger partial charge in [-0.05, 0) is 29.1 Å². The van der Waals surface area contributed by atoms with Gasteiger partial charge in [-0.15, -0.1) is 23.1 Å². The summed E-state index contributed by atoms with van der Waals surface area (Å²) in [7, 11) is 0. The number of nitrogens with two attached hydrogens (primary N) is 2. The fourth-order valence-corrected chi connectivity index (χ4v) is 4.26. The normalized spacial score (nSPS) is 10.1. The van der Waals surface area contributed by atoms with Gasteiger partial charge in [0.05, 0.1) is 5.56 Å². The summed E-state index contributed by atoms with van der Waals surface area (Å²) in [4.78, 5) is 16.4. The Morgan fingerprint density at radius 1 is 1.19 bits per heavy atom. The Morgan fingerprint density at radius 2 is 1.96 bits per heavy atom. The lowest BCUT2D eigenvalue weighted by Gasteiger charge is -2.11. The monoisotopic (exact) mass is 391 g/mol. The van der Waals surface area contributed by atoms with Crippen LogP contribution in [0.2, 0.25) is 0 Å². The first-order valence-electron chi connectivity index (χ1n) is 7.74. The van der Waals surface area contributed by atoms with Gasteiger partial charge in [0, 0.05) is 21.8 Å². The van der Waals surface area contributed by atoms with E-state index in [1.54, 1.807) is 18.2 Å². The molecule has 2 heterocycles. The summed E-state index contributed by atoms with van der Waals surface area (Å²) in [6.07, 6.45) is 0. The molecule has 2 aromatic heterocycles. The quantitative estimate of drug-likeness (QED) is 0.640. The zero-order valence-electron chi connectivity index (χ0n) is 14.0. The maximum atomic E-state index is 11.3. The molecular formula is C19H13N5OS2. The molecule has 0 aliphatic rings. The molecule has 1 aromatic carbocycles. The first-order valence-corrected chi connectivity index (χ1v) is 9.60. The average molecular weight is 391 g/mol. The van der Waals surface area contributed by atoms with E-state index in [1.165, 1.54) is 23.1 Å². The van der Waals surface area contributed by atoms with Crippen LogP contribution >= 0.6 is 23.1 Å². The highest BCUT2D eigenvalue weighted by Gasteiger charge is 2.21. The van der Waals surface area contributed by atoms with Crippen LogP contribution < -0.4 is 11.5 Å². The number of nitrogen functional groups attached to an aromatic ring is 1. The first-order chi connectivity index (χ1) is 13.0. The van der Waals surface area contributed by atoms with Crippen molar-refractivity contribution in [2.45, 2.75) is 10.8 Å². The Morgan fingerprint density at radius 3 is 2.59 bits per heavy atom. The zero-order valence-corrected chi connectivity index (χ0v) is 15.6. The van der Waals surface area contributed by atoms with Crippen molar-refractivity contribution in [3.8, 4) is 22.6 Å². The second-order valence-corrected chi connectivity index (χ2v) is 7.39. The van der Waals surface area contributed by atoms with Gasteiger partial charge in [0.25, 0.3) is 0 Å². The minimum atomic E-state index is -0.500. The number of hydrogen-bond acceptors (Lipinski definition) is 7. The van der Waals surface area contributed by atoms with E-state index in [9.17, 15) is 15.3 Å². The fourth-order valence-electron chi connectivity index (χ4n) is 2.54. The summed E-state index contributed by atoms with van der Waals surface area (Å²) in [5, 5.41) is 21.5. The van der Waals surface area contributed by atoms with Crippen LogP contribution in [0.3, 0.4) is 0 Å². The van der Waals surface area contributed by atoms with Crippen molar-refractivity contribution in [2.24, 2.45) is 5.73 Å². The average Bonchev–Trinajstić information content (AvgIpc) is 3.20. The molecule has 4 N–H and O–H groups in total. The molecule has 3 aromatic rings. The van der Waals surface area contributed by atoms with E-state index in [4.69, 9.17) is 11.5 Å². The van der Waals surface area contributed by atoms with Gasteiger partial charge in [-0.3, -0.25) is 4.79 Å². The van der Waals surface area contributed by atoms with Gasteiger partial charge in [0.1, 0.15) is 28.5 Å². The number of nitriles is 2. The van der Waals surface area contributed by atoms with Gasteiger partial charge in [-0.1, -0.05) is 18.2 Å². The van der Waals surface area contributed by atoms with Gasteiger partial charge in [-0.25, -0.2) is 4.98 Å². The van der Waals surface area contributed by atoms with Crippen LogP contribution in [-0.4, -0.2) is 10.9 Å². The number of rotatable bonds is 5. The first kappa shape index (κ1) is 18.5. The SMILES string of the molecule is N#Cc1c(N)nc(SCc2cccc(C(N)=O)c2)c(C#N)c1-c1cccs1. The van der Waals surface area contributed by atoms with Gasteiger partial charge in [-0.2, -0.15) is 10.5 Å². The van der Waals surface area contributed by atoms with Crippen molar-refractivity contribution in [3.05, 3.63) is 64.0 Å². The molecule has 0 unspecified atom stereocenters. The number of thiophene rings is 1. The van der Waals surface area contributed by atoms with Crippen LogP contribution in [0.15, 0.2) is 46.8 Å². The second kappa shape index (κ2) is 7.92. The van der Waals surface area contributed by atoms with E-state index >= 15 is 0 Å². The molecule has 3 rings (SSSR count). The van der Waals surface area contributed by atoms with E-state index in [1.807, 2.05) is 23.6 Å². The van der Waals surface area contributed by atoms with Crippen LogP contribution in [0.4, 0.5) is 5.82 Å². The highest BCUT2D eigenvalue weighted by molar-refractivity contribution is 7.98. The zero-order chi connectivity index (χ0) is 19.4. The topological polar surface area (TPSA) is 130 Å². The number of anilines is 1. The standard InChI is InChI=1S/C19H13N5OS2/c20-8-13-16(15-5-2-6-26-15)14(9-21)19(24-17(13)22)27-10-11-3-1-4-12(7-11)18(23)25/h1-7H,10H2,(H2,22,24)(H2,23,25). The fraction of sp³-hybridized carbons (Fsp3) is 0.0526. The second-order valence-electron chi connectivity index (χ2n) is 5.48. The number of nitrogens with zero attached hydrogens (tertiary/aromatic N) is 3. The van der Waals surface area contributed by atoms with Crippen molar-refractivity contribution in [1.82, 2.24) is 4.98 Å². The van der Waals surface area contributed by atoms with Crippen molar-refractivity contribution < 1.29 is 4.79 Å². The minimum Gasteiger partial charge on any atom is -0.383 e. The third kappa shape index (κ3) is 3.77. The van der Waals surface area contributed by atoms with Crippen molar-refractivity contribution in [1.29, 1.82) is 10.5 Å². The molecule has 0 saturated heterocycles. The van der Waals surface area contributed by atoms with Crippen molar-refractivity contribution in [3.63, 3.8) is 0 Å². The predicted molar refractivity (Wildman–Crippen MR) is 106 cm³/mol. The summed E-state index contributed by atoms with van der Waals surface area (Å²) < 4.78 is 0. The van der Waals surface area contributed by atoms with Crippen LogP contribution in [0, 0.1) is 22.7 Å². The number of carbonyl (C=O) groups is 1. The molecule has 0 aliphatic heterocycles. The number of benzene rings is 1. The predicted octanol–water partition coefficient (Wildman–Crippen LogP) is 3.53. The molecule has 0 bridgehead atoms. The molecule has 6 nitrogen and oxygen atoms in total. The van der Waals surface area contributed by atoms with E-state index < -0.39 is 5.91 Å². The lowest BCUT2D eigenvalue weighted by Crippen LogP contribution is -2.10. The van der Waals surface area contributed by atoms with E-state index in [0.717, 1.165) is 10.4 Å². The maximum Gasteiger partial charge on any atom is 0.248 e. The van der Waals surface area contributed by atoms with E-state index in [0.29, 0.717) is 27.5 Å². The summed E-state index contributed by atoms with van der Waals surface area (Å²) in [5.41, 5.74) is 13.6. The van der Waals surface area contributed by atoms with Crippen LogP contribution in [0.1, 0.15) is 27.0 Å². The smallest absolute Gasteiger partial charge is 0.248 e. The Balaban J connectivity index is 2.02. The molecule has 0 saturated carbocycles. The number of primary amides is 1. The number of hydrogen-bond donors (Lipinski definition) is 2. The third-order valence-electron chi connectivity index (χ3n) is 3.77. The molecule has 0 radical (unpaired) electrons. The summed E-state index contributed by atoms with van der Waals surface area (Å²) >= 11 is 2.75. The van der Waals surface area contributed by atoms with Gasteiger partial charge < -0.3 is 11.5 Å². The highest BCUT2D eigenvalue weighted by atomic mass is 32.2. The summed E-state index contributed by atoms with van der Waals surface area (Å²) in [6.45, 7) is 0. The van der Waals surface area contributed by atoms with Gasteiger partial charge >= 0.3 is 0 Å². The van der Waals surface area contributed by atoms with Crippen LogP contribution in [-0.2, 0) is 5.75 Å². The lowest BCUT2D eigenvalue weighted by atomic mass is 10.0. The maximum absolute atomic E-state index is 11.3. The number of aromatic nitrogens is 1. The molecule has 0 atom stereocenters. The largest absolute Gasteiger partial charge is 0.383 e. The van der Waals surface area contributed by atoms with Gasteiger partial charge in [0.2, 0.25) is 5.91 Å². The molecule has 132 valence electrons. The Hall–Kier alpha value is -3.33. The lowest BCUT2D eigenvalue weighted by molar-refractivity contribution is 0.1000. The van der Waals surface area contributed by atoms with Crippen LogP contribution in [0.5, 0.6) is 0 Å². The molecule has 1 amide bonds. The van der Waals surface area contributed by atoms with Crippen LogP contribution in [0.25, 0.3) is 10.4 Å². The Bertz CT molecular complexity index is 1090. The Labute approximate surface area is 164 Å². The van der Waals surface area contributed by atoms with E-state index in [-0.39, 0.29) is 11.4 Å². The van der Waals surface area contributed by atoms with Gasteiger partial charge in [0.15, 0.2) is 0 Å². The summed E-state index contributed by atoms with van der Waals surface area (Å²) in [5.74, 6) is 0.0615. The van der Waals surface area contributed by atoms with Crippen molar-refractivity contribution in [2.75, 3.05) is 5.73 Å². The van der Waals surface area contributed by atoms with E-state index in [2.05, 4.69) is 17.1 Å². The number of carbonyl (C=O) groups excluding carboxylic acids is 1. The molecule has 0 spiro atoms. The minimum absolute atomic E-state index is 0.0910. The number of pyridine rings is 1. The molecule has 0 fully saturated rings.